The maximum Gasteiger partial charge on any atom is 0.306 e. The minimum absolute atomic E-state index is 0.0335. The topological polar surface area (TPSA) is 95.9 Å². The van der Waals surface area contributed by atoms with Crippen LogP contribution in [0, 0.1) is 0 Å². The van der Waals surface area contributed by atoms with Crippen molar-refractivity contribution < 1.29 is 24.5 Å². The Bertz CT molecular complexity index is 972. The molecule has 0 aromatic heterocycles. The smallest absolute Gasteiger partial charge is 0.306 e. The molecule has 0 spiro atoms. The number of hydrogen-bond acceptors (Lipinski definition) is 5. The van der Waals surface area contributed by atoms with Crippen LogP contribution in [0.15, 0.2) is 48.6 Å². The number of nitrogens with one attached hydrogen (secondary N) is 1. The van der Waals surface area contributed by atoms with E-state index in [4.69, 9.17) is 4.74 Å². The SMILES string of the molecule is CC/C=C/C=C/C=C\C=C/CCCC(CC(=O)NC(CO)C(O)CCCCCCCCCCCCCCCCCC)OC(=O)CCCCCCCCCCCC. The summed E-state index contributed by atoms with van der Waals surface area (Å²) in [6.07, 6.45) is 51.8. The summed E-state index contributed by atoms with van der Waals surface area (Å²) in [6, 6.07) is -0.719. The average Bonchev–Trinajstić information content (AvgIpc) is 3.19. The second kappa shape index (κ2) is 43.9. The van der Waals surface area contributed by atoms with Gasteiger partial charge in [-0.3, -0.25) is 9.59 Å². The molecule has 0 aliphatic rings. The molecule has 0 aliphatic carbocycles. The molecule has 1 amide bonds. The van der Waals surface area contributed by atoms with Gasteiger partial charge >= 0.3 is 5.97 Å². The number of hydrogen-bond donors (Lipinski definition) is 3. The fourth-order valence-corrected chi connectivity index (χ4v) is 7.15. The zero-order valence-corrected chi connectivity index (χ0v) is 37.0. The number of aliphatic hydroxyl groups excluding tert-OH is 2. The molecule has 0 saturated carbocycles. The Balaban J connectivity index is 4.55. The monoisotopic (exact) mass is 786 g/mol. The van der Waals surface area contributed by atoms with Crippen molar-refractivity contribution in [1.82, 2.24) is 5.32 Å². The van der Waals surface area contributed by atoms with E-state index in [0.29, 0.717) is 19.3 Å². The maximum atomic E-state index is 13.1. The van der Waals surface area contributed by atoms with E-state index in [1.54, 1.807) is 0 Å². The third-order valence-corrected chi connectivity index (χ3v) is 10.8. The van der Waals surface area contributed by atoms with Crippen molar-refractivity contribution in [2.75, 3.05) is 6.61 Å². The Morgan fingerprint density at radius 3 is 1.43 bits per heavy atom. The molecule has 0 aromatic carbocycles. The zero-order valence-electron chi connectivity index (χ0n) is 37.0. The van der Waals surface area contributed by atoms with Crippen molar-refractivity contribution in [3.63, 3.8) is 0 Å². The number of allylic oxidation sites excluding steroid dienone is 8. The molecule has 0 rings (SSSR count). The standard InChI is InChI=1S/C50H91NO5/c1-4-7-10-13-16-19-22-23-24-25-26-28-30-33-36-39-42-48(53)47(45-52)51-49(54)44-46(41-38-35-32-29-27-20-17-14-11-8-5-2)56-50(55)43-40-37-34-31-21-18-15-12-9-6-3/h8,11,14,17,20,27,29,32,46-48,52-53H,4-7,9-10,12-13,15-16,18-19,21-26,28,30-31,33-45H2,1-3H3,(H,51,54)/b11-8+,17-14+,27-20-,32-29-. The summed E-state index contributed by atoms with van der Waals surface area (Å²) in [4.78, 5) is 25.9. The molecule has 0 radical (unpaired) electrons. The molecular formula is C50H91NO5. The Morgan fingerprint density at radius 2 is 0.964 bits per heavy atom. The molecule has 6 heteroatoms. The number of esters is 1. The minimum atomic E-state index is -0.802. The van der Waals surface area contributed by atoms with Crippen LogP contribution in [-0.4, -0.2) is 46.9 Å². The Kier molecular flexibility index (Phi) is 42.2. The number of unbranched alkanes of at least 4 members (excludes halogenated alkanes) is 25. The number of aliphatic hydroxyl groups is 2. The van der Waals surface area contributed by atoms with Gasteiger partial charge in [0.25, 0.3) is 0 Å². The van der Waals surface area contributed by atoms with Crippen LogP contribution in [0.3, 0.4) is 0 Å². The molecule has 0 saturated heterocycles. The van der Waals surface area contributed by atoms with Crippen molar-refractivity contribution in [2.45, 2.75) is 251 Å². The van der Waals surface area contributed by atoms with E-state index >= 15 is 0 Å². The quantitative estimate of drug-likeness (QED) is 0.0325. The second-order valence-electron chi connectivity index (χ2n) is 16.2. The van der Waals surface area contributed by atoms with Gasteiger partial charge in [0.1, 0.15) is 6.10 Å². The van der Waals surface area contributed by atoms with E-state index in [1.165, 1.54) is 128 Å². The van der Waals surface area contributed by atoms with E-state index in [1.807, 2.05) is 36.5 Å². The van der Waals surface area contributed by atoms with Crippen LogP contribution < -0.4 is 5.32 Å². The second-order valence-corrected chi connectivity index (χ2v) is 16.2. The van der Waals surface area contributed by atoms with Crippen LogP contribution >= 0.6 is 0 Å². The largest absolute Gasteiger partial charge is 0.462 e. The molecule has 3 N–H and O–H groups in total. The first-order valence-corrected chi connectivity index (χ1v) is 23.9. The minimum Gasteiger partial charge on any atom is -0.462 e. The van der Waals surface area contributed by atoms with Gasteiger partial charge in [0.2, 0.25) is 5.91 Å². The Hall–Kier alpha value is -2.18. The highest BCUT2D eigenvalue weighted by molar-refractivity contribution is 5.77. The van der Waals surface area contributed by atoms with Crippen molar-refractivity contribution in [1.29, 1.82) is 0 Å². The molecule has 0 fully saturated rings. The predicted molar refractivity (Wildman–Crippen MR) is 241 cm³/mol. The van der Waals surface area contributed by atoms with E-state index in [0.717, 1.165) is 57.8 Å². The molecule has 0 aliphatic heterocycles. The third-order valence-electron chi connectivity index (χ3n) is 10.8. The van der Waals surface area contributed by atoms with Crippen molar-refractivity contribution in [2.24, 2.45) is 0 Å². The number of rotatable bonds is 42. The van der Waals surface area contributed by atoms with Crippen LogP contribution in [0.1, 0.15) is 233 Å². The van der Waals surface area contributed by atoms with Gasteiger partial charge < -0.3 is 20.3 Å². The Labute approximate surface area is 346 Å². The van der Waals surface area contributed by atoms with Gasteiger partial charge in [-0.1, -0.05) is 230 Å². The normalized spacial score (nSPS) is 13.7. The summed E-state index contributed by atoms with van der Waals surface area (Å²) >= 11 is 0. The van der Waals surface area contributed by atoms with Gasteiger partial charge in [-0.25, -0.2) is 0 Å². The average molecular weight is 786 g/mol. The summed E-state index contributed by atoms with van der Waals surface area (Å²) in [7, 11) is 0. The number of ether oxygens (including phenoxy) is 1. The summed E-state index contributed by atoms with van der Waals surface area (Å²) in [5.41, 5.74) is 0. The van der Waals surface area contributed by atoms with E-state index < -0.39 is 18.2 Å². The molecule has 0 aromatic rings. The van der Waals surface area contributed by atoms with Crippen molar-refractivity contribution >= 4 is 11.9 Å². The van der Waals surface area contributed by atoms with Crippen LogP contribution in [0.25, 0.3) is 0 Å². The first-order valence-electron chi connectivity index (χ1n) is 23.9. The fourth-order valence-electron chi connectivity index (χ4n) is 7.15. The number of carbonyl (C=O) groups excluding carboxylic acids is 2. The molecule has 0 bridgehead atoms. The van der Waals surface area contributed by atoms with Crippen LogP contribution in [-0.2, 0) is 14.3 Å². The maximum absolute atomic E-state index is 13.1. The number of amides is 1. The summed E-state index contributed by atoms with van der Waals surface area (Å²) < 4.78 is 5.86. The van der Waals surface area contributed by atoms with Gasteiger partial charge in [0.15, 0.2) is 0 Å². The highest BCUT2D eigenvalue weighted by Gasteiger charge is 2.24. The lowest BCUT2D eigenvalue weighted by Crippen LogP contribution is -2.46. The molecular weight excluding hydrogens is 695 g/mol. The summed E-state index contributed by atoms with van der Waals surface area (Å²) in [5, 5.41) is 23.7. The molecule has 326 valence electrons. The van der Waals surface area contributed by atoms with Crippen molar-refractivity contribution in [3.8, 4) is 0 Å². The summed E-state index contributed by atoms with van der Waals surface area (Å²) in [6.45, 7) is 6.31. The summed E-state index contributed by atoms with van der Waals surface area (Å²) in [5.74, 6) is -0.541. The highest BCUT2D eigenvalue weighted by atomic mass is 16.5. The van der Waals surface area contributed by atoms with Crippen molar-refractivity contribution in [3.05, 3.63) is 48.6 Å². The third kappa shape index (κ3) is 38.7. The predicted octanol–water partition coefficient (Wildman–Crippen LogP) is 13.9. The van der Waals surface area contributed by atoms with Gasteiger partial charge in [-0.05, 0) is 38.5 Å². The molecule has 6 nitrogen and oxygen atoms in total. The van der Waals surface area contributed by atoms with E-state index in [-0.39, 0.29) is 24.9 Å². The van der Waals surface area contributed by atoms with Gasteiger partial charge in [0.05, 0.1) is 25.2 Å². The van der Waals surface area contributed by atoms with Gasteiger partial charge in [0, 0.05) is 6.42 Å². The van der Waals surface area contributed by atoms with Crippen LogP contribution in [0.5, 0.6) is 0 Å². The van der Waals surface area contributed by atoms with Gasteiger partial charge in [-0.15, -0.1) is 0 Å². The van der Waals surface area contributed by atoms with Crippen LogP contribution in [0.2, 0.25) is 0 Å². The molecule has 0 heterocycles. The zero-order chi connectivity index (χ0) is 41.0. The van der Waals surface area contributed by atoms with E-state index in [2.05, 4.69) is 38.2 Å². The molecule has 3 unspecified atom stereocenters. The highest BCUT2D eigenvalue weighted by Crippen LogP contribution is 2.17. The lowest BCUT2D eigenvalue weighted by Gasteiger charge is -2.24. The first-order chi connectivity index (χ1) is 27.5. The number of carbonyl (C=O) groups is 2. The fraction of sp³-hybridized carbons (Fsp3) is 0.800. The first kappa shape index (κ1) is 53.8. The van der Waals surface area contributed by atoms with Gasteiger partial charge in [-0.2, -0.15) is 0 Å². The lowest BCUT2D eigenvalue weighted by atomic mass is 10.0. The molecule has 56 heavy (non-hydrogen) atoms. The van der Waals surface area contributed by atoms with E-state index in [9.17, 15) is 19.8 Å². The van der Waals surface area contributed by atoms with Crippen LogP contribution in [0.4, 0.5) is 0 Å². The molecule has 3 atom stereocenters. The Morgan fingerprint density at radius 1 is 0.536 bits per heavy atom. The lowest BCUT2D eigenvalue weighted by molar-refractivity contribution is -0.151.